The zero-order valence-corrected chi connectivity index (χ0v) is 6.90. The van der Waals surface area contributed by atoms with E-state index in [1.54, 1.807) is 0 Å². The summed E-state index contributed by atoms with van der Waals surface area (Å²) >= 11 is 0. The summed E-state index contributed by atoms with van der Waals surface area (Å²) in [5.74, 6) is 0. The smallest absolute Gasteiger partial charge is 0.104 e. The molecule has 1 aromatic carbocycles. The van der Waals surface area contributed by atoms with Crippen LogP contribution >= 0.6 is 0 Å². The first kappa shape index (κ1) is 9.03. The molecule has 0 saturated heterocycles. The van der Waals surface area contributed by atoms with Gasteiger partial charge in [-0.05, 0) is 12.1 Å². The van der Waals surface area contributed by atoms with Crippen molar-refractivity contribution in [3.8, 4) is 0 Å². The maximum atomic E-state index is 8.77. The highest BCUT2D eigenvalue weighted by molar-refractivity contribution is 5.42. The SMILES string of the molecule is NC(O)CCNc1ccccc1. The molecule has 0 heterocycles. The summed E-state index contributed by atoms with van der Waals surface area (Å²) in [5, 5.41) is 11.9. The average Bonchev–Trinajstić information content (AvgIpc) is 2.05. The Hall–Kier alpha value is -1.06. The van der Waals surface area contributed by atoms with Crippen molar-refractivity contribution in [2.75, 3.05) is 11.9 Å². The van der Waals surface area contributed by atoms with Crippen LogP contribution in [0.4, 0.5) is 5.69 Å². The first-order valence-corrected chi connectivity index (χ1v) is 4.01. The van der Waals surface area contributed by atoms with Gasteiger partial charge in [-0.2, -0.15) is 0 Å². The van der Waals surface area contributed by atoms with Gasteiger partial charge in [0, 0.05) is 18.7 Å². The van der Waals surface area contributed by atoms with Gasteiger partial charge in [0.15, 0.2) is 0 Å². The van der Waals surface area contributed by atoms with Crippen molar-refractivity contribution in [1.29, 1.82) is 0 Å². The van der Waals surface area contributed by atoms with E-state index in [0.717, 1.165) is 5.69 Å². The van der Waals surface area contributed by atoms with Crippen LogP contribution in [0.1, 0.15) is 6.42 Å². The Balaban J connectivity index is 2.25. The lowest BCUT2D eigenvalue weighted by atomic mass is 10.3. The van der Waals surface area contributed by atoms with Gasteiger partial charge in [0.05, 0.1) is 0 Å². The van der Waals surface area contributed by atoms with Gasteiger partial charge >= 0.3 is 0 Å². The molecule has 1 atom stereocenters. The van der Waals surface area contributed by atoms with Crippen molar-refractivity contribution in [1.82, 2.24) is 0 Å². The predicted molar refractivity (Wildman–Crippen MR) is 49.7 cm³/mol. The minimum atomic E-state index is -0.721. The van der Waals surface area contributed by atoms with Crippen molar-refractivity contribution in [3.63, 3.8) is 0 Å². The van der Waals surface area contributed by atoms with Crippen molar-refractivity contribution in [2.24, 2.45) is 5.73 Å². The molecule has 0 radical (unpaired) electrons. The number of rotatable bonds is 4. The molecule has 0 fully saturated rings. The fourth-order valence-corrected chi connectivity index (χ4v) is 0.920. The quantitative estimate of drug-likeness (QED) is 0.579. The van der Waals surface area contributed by atoms with Gasteiger partial charge in [0.25, 0.3) is 0 Å². The minimum absolute atomic E-state index is 0.564. The van der Waals surface area contributed by atoms with Crippen LogP contribution in [0.25, 0.3) is 0 Å². The number of aliphatic hydroxyl groups is 1. The number of hydrogen-bond acceptors (Lipinski definition) is 3. The Bertz CT molecular complexity index is 211. The van der Waals surface area contributed by atoms with E-state index in [1.165, 1.54) is 0 Å². The second-order valence-electron chi connectivity index (χ2n) is 2.65. The van der Waals surface area contributed by atoms with Gasteiger partial charge in [-0.3, -0.25) is 0 Å². The largest absolute Gasteiger partial charge is 0.385 e. The molecule has 0 aliphatic carbocycles. The topological polar surface area (TPSA) is 58.3 Å². The Labute approximate surface area is 72.2 Å². The van der Waals surface area contributed by atoms with Crippen LogP contribution in [-0.2, 0) is 0 Å². The first-order chi connectivity index (χ1) is 5.79. The molecule has 0 saturated carbocycles. The molecule has 4 N–H and O–H groups in total. The monoisotopic (exact) mass is 166 g/mol. The van der Waals surface area contributed by atoms with E-state index in [2.05, 4.69) is 5.32 Å². The van der Waals surface area contributed by atoms with Crippen LogP contribution in [0, 0.1) is 0 Å². The van der Waals surface area contributed by atoms with Crippen molar-refractivity contribution >= 4 is 5.69 Å². The van der Waals surface area contributed by atoms with Crippen LogP contribution in [0.15, 0.2) is 30.3 Å². The molecule has 0 amide bonds. The summed E-state index contributed by atoms with van der Waals surface area (Å²) in [6.45, 7) is 0.696. The molecular formula is C9H14N2O. The van der Waals surface area contributed by atoms with E-state index in [4.69, 9.17) is 10.8 Å². The number of para-hydroxylation sites is 1. The van der Waals surface area contributed by atoms with E-state index in [0.29, 0.717) is 13.0 Å². The van der Waals surface area contributed by atoms with E-state index in [9.17, 15) is 0 Å². The zero-order valence-electron chi connectivity index (χ0n) is 6.90. The lowest BCUT2D eigenvalue weighted by Crippen LogP contribution is -2.22. The molecule has 3 nitrogen and oxygen atoms in total. The Morgan fingerprint density at radius 1 is 1.33 bits per heavy atom. The summed E-state index contributed by atoms with van der Waals surface area (Å²) < 4.78 is 0. The van der Waals surface area contributed by atoms with Gasteiger partial charge in [-0.25, -0.2) is 0 Å². The van der Waals surface area contributed by atoms with Gasteiger partial charge in [0.1, 0.15) is 6.23 Å². The molecule has 12 heavy (non-hydrogen) atoms. The zero-order chi connectivity index (χ0) is 8.81. The molecule has 0 spiro atoms. The molecule has 1 unspecified atom stereocenters. The summed E-state index contributed by atoms with van der Waals surface area (Å²) in [6.07, 6.45) is -0.157. The second-order valence-corrected chi connectivity index (χ2v) is 2.65. The van der Waals surface area contributed by atoms with Crippen molar-refractivity contribution < 1.29 is 5.11 Å². The standard InChI is InChI=1S/C9H14N2O/c10-9(12)6-7-11-8-4-2-1-3-5-8/h1-5,9,11-12H,6-7,10H2. The summed E-state index contributed by atoms with van der Waals surface area (Å²) in [4.78, 5) is 0. The minimum Gasteiger partial charge on any atom is -0.385 e. The summed E-state index contributed by atoms with van der Waals surface area (Å²) in [7, 11) is 0. The third-order valence-corrected chi connectivity index (χ3v) is 1.54. The van der Waals surface area contributed by atoms with E-state index in [1.807, 2.05) is 30.3 Å². The van der Waals surface area contributed by atoms with Crippen LogP contribution < -0.4 is 11.1 Å². The Kier molecular flexibility index (Phi) is 3.57. The molecule has 1 rings (SSSR count). The molecule has 0 bridgehead atoms. The predicted octanol–water partition coefficient (Wildman–Crippen LogP) is 0.766. The highest BCUT2D eigenvalue weighted by Crippen LogP contribution is 2.04. The molecule has 0 aromatic heterocycles. The normalized spacial score (nSPS) is 12.5. The van der Waals surface area contributed by atoms with Crippen molar-refractivity contribution in [3.05, 3.63) is 30.3 Å². The molecule has 0 aliphatic rings. The molecule has 0 aliphatic heterocycles. The number of benzene rings is 1. The fourth-order valence-electron chi connectivity index (χ4n) is 0.920. The Morgan fingerprint density at radius 2 is 2.00 bits per heavy atom. The van der Waals surface area contributed by atoms with E-state index in [-0.39, 0.29) is 0 Å². The highest BCUT2D eigenvalue weighted by atomic mass is 16.3. The summed E-state index contributed by atoms with van der Waals surface area (Å²) in [5.41, 5.74) is 6.23. The van der Waals surface area contributed by atoms with Gasteiger partial charge in [-0.15, -0.1) is 0 Å². The van der Waals surface area contributed by atoms with Gasteiger partial charge in [0.2, 0.25) is 0 Å². The van der Waals surface area contributed by atoms with Crippen LogP contribution in [0.3, 0.4) is 0 Å². The van der Waals surface area contributed by atoms with Crippen LogP contribution in [-0.4, -0.2) is 17.9 Å². The van der Waals surface area contributed by atoms with E-state index < -0.39 is 6.23 Å². The number of nitrogens with one attached hydrogen (secondary N) is 1. The third-order valence-electron chi connectivity index (χ3n) is 1.54. The molecule has 66 valence electrons. The van der Waals surface area contributed by atoms with Gasteiger partial charge < -0.3 is 16.2 Å². The number of anilines is 1. The summed E-state index contributed by atoms with van der Waals surface area (Å²) in [6, 6.07) is 9.83. The third kappa shape index (κ3) is 3.37. The number of aliphatic hydroxyl groups excluding tert-OH is 1. The Morgan fingerprint density at radius 3 is 2.58 bits per heavy atom. The highest BCUT2D eigenvalue weighted by Gasteiger charge is 1.94. The maximum Gasteiger partial charge on any atom is 0.104 e. The average molecular weight is 166 g/mol. The first-order valence-electron chi connectivity index (χ1n) is 4.01. The molecular weight excluding hydrogens is 152 g/mol. The maximum absolute atomic E-state index is 8.77. The van der Waals surface area contributed by atoms with E-state index >= 15 is 0 Å². The molecule has 3 heteroatoms. The number of nitrogens with two attached hydrogens (primary N) is 1. The van der Waals surface area contributed by atoms with Gasteiger partial charge in [-0.1, -0.05) is 18.2 Å². The lowest BCUT2D eigenvalue weighted by molar-refractivity contribution is 0.176. The lowest BCUT2D eigenvalue weighted by Gasteiger charge is -2.06. The fraction of sp³-hybridized carbons (Fsp3) is 0.333. The van der Waals surface area contributed by atoms with Crippen molar-refractivity contribution in [2.45, 2.75) is 12.6 Å². The molecule has 1 aromatic rings. The number of hydrogen-bond donors (Lipinski definition) is 3. The second kappa shape index (κ2) is 4.74. The van der Waals surface area contributed by atoms with Crippen LogP contribution in [0.5, 0.6) is 0 Å². The van der Waals surface area contributed by atoms with Crippen LogP contribution in [0.2, 0.25) is 0 Å².